The smallest absolute Gasteiger partial charge is 0.264 e. The molecule has 9 nitrogen and oxygen atoms in total. The number of thioether (sulfide) groups is 1. The van der Waals surface area contributed by atoms with Crippen molar-refractivity contribution in [2.75, 3.05) is 36.6 Å². The van der Waals surface area contributed by atoms with Gasteiger partial charge in [-0.3, -0.25) is 9.10 Å². The third kappa shape index (κ3) is 6.59. The maximum atomic E-state index is 13.6. The molecule has 4 rings (SSSR count). The van der Waals surface area contributed by atoms with Crippen molar-refractivity contribution in [2.45, 2.75) is 17.9 Å². The van der Waals surface area contributed by atoms with E-state index in [-0.39, 0.29) is 16.7 Å². The van der Waals surface area contributed by atoms with Crippen molar-refractivity contribution in [3.05, 3.63) is 77.9 Å². The second kappa shape index (κ2) is 12.2. The Morgan fingerprint density at radius 2 is 1.71 bits per heavy atom. The highest BCUT2D eigenvalue weighted by molar-refractivity contribution is 8.00. The Morgan fingerprint density at radius 1 is 1.03 bits per heavy atom. The van der Waals surface area contributed by atoms with E-state index in [2.05, 4.69) is 10.5 Å². The van der Waals surface area contributed by atoms with E-state index in [1.54, 1.807) is 24.3 Å². The number of benzene rings is 3. The van der Waals surface area contributed by atoms with E-state index in [0.29, 0.717) is 11.5 Å². The first-order valence-corrected chi connectivity index (χ1v) is 14.4. The first-order valence-electron chi connectivity index (χ1n) is 11.8. The highest BCUT2D eigenvalue weighted by Gasteiger charge is 2.28. The molecule has 0 saturated carbocycles. The molecule has 1 aliphatic rings. The van der Waals surface area contributed by atoms with Gasteiger partial charge in [0.15, 0.2) is 11.5 Å². The molecule has 0 aromatic heterocycles. The highest BCUT2D eigenvalue weighted by atomic mass is 32.2. The number of rotatable bonds is 11. The number of sulfonamides is 1. The zero-order valence-electron chi connectivity index (χ0n) is 21.3. The number of anilines is 1. The SMILES string of the molecule is COc1ccc(N(CC(=O)N/N=C\c2ccc(OC3CSC3)cc2)S(=O)(=O)c2ccc(C)cc2)cc1OC. The lowest BCUT2D eigenvalue weighted by Gasteiger charge is -2.25. The minimum absolute atomic E-state index is 0.0528. The fraction of sp³-hybridized carbons (Fsp3) is 0.259. The van der Waals surface area contributed by atoms with Crippen LogP contribution < -0.4 is 23.9 Å². The van der Waals surface area contributed by atoms with E-state index < -0.39 is 22.5 Å². The lowest BCUT2D eigenvalue weighted by atomic mass is 10.2. The molecule has 0 unspecified atom stereocenters. The van der Waals surface area contributed by atoms with Crippen molar-refractivity contribution >= 4 is 39.6 Å². The molecule has 0 radical (unpaired) electrons. The molecule has 1 amide bonds. The van der Waals surface area contributed by atoms with E-state index >= 15 is 0 Å². The molecular weight excluding hydrogens is 526 g/mol. The van der Waals surface area contributed by atoms with Crippen LogP contribution in [0.4, 0.5) is 5.69 Å². The first kappa shape index (κ1) is 27.3. The third-order valence-electron chi connectivity index (χ3n) is 5.74. The molecule has 0 aliphatic carbocycles. The van der Waals surface area contributed by atoms with Crippen LogP contribution in [0.15, 0.2) is 76.7 Å². The van der Waals surface area contributed by atoms with Gasteiger partial charge in [0.05, 0.1) is 31.0 Å². The van der Waals surface area contributed by atoms with Crippen LogP contribution in [-0.2, 0) is 14.8 Å². The van der Waals surface area contributed by atoms with Crippen LogP contribution >= 0.6 is 11.8 Å². The Kier molecular flexibility index (Phi) is 8.80. The largest absolute Gasteiger partial charge is 0.493 e. The number of aryl methyl sites for hydroxylation is 1. The summed E-state index contributed by atoms with van der Waals surface area (Å²) in [5, 5.41) is 4.00. The number of nitrogens with one attached hydrogen (secondary N) is 1. The normalized spacial score (nSPS) is 13.6. The lowest BCUT2D eigenvalue weighted by molar-refractivity contribution is -0.119. The second-order valence-electron chi connectivity index (χ2n) is 8.50. The molecule has 0 spiro atoms. The van der Waals surface area contributed by atoms with Crippen LogP contribution in [0.1, 0.15) is 11.1 Å². The fourth-order valence-corrected chi connectivity index (χ4v) is 5.56. The Balaban J connectivity index is 1.51. The number of hydrogen-bond acceptors (Lipinski definition) is 8. The summed E-state index contributed by atoms with van der Waals surface area (Å²) in [5.74, 6) is 2.92. The van der Waals surface area contributed by atoms with Gasteiger partial charge in [0, 0.05) is 17.6 Å². The molecular formula is C27H29N3O6S2. The van der Waals surface area contributed by atoms with Crippen LogP contribution in [0.2, 0.25) is 0 Å². The van der Waals surface area contributed by atoms with Crippen molar-refractivity contribution < 1.29 is 27.4 Å². The van der Waals surface area contributed by atoms with Gasteiger partial charge in [0.2, 0.25) is 0 Å². The summed E-state index contributed by atoms with van der Waals surface area (Å²) >= 11 is 1.85. The molecule has 38 heavy (non-hydrogen) atoms. The number of carbonyl (C=O) groups excluding carboxylic acids is 1. The number of ether oxygens (including phenoxy) is 3. The van der Waals surface area contributed by atoms with Gasteiger partial charge in [0.1, 0.15) is 18.4 Å². The molecule has 0 atom stereocenters. The summed E-state index contributed by atoms with van der Waals surface area (Å²) < 4.78 is 44.6. The predicted molar refractivity (Wildman–Crippen MR) is 149 cm³/mol. The average Bonchev–Trinajstić information content (AvgIpc) is 2.90. The molecule has 1 N–H and O–H groups in total. The molecule has 3 aromatic carbocycles. The van der Waals surface area contributed by atoms with Gasteiger partial charge in [-0.1, -0.05) is 17.7 Å². The summed E-state index contributed by atoms with van der Waals surface area (Å²) in [5.41, 5.74) is 4.32. The number of methoxy groups -OCH3 is 2. The summed E-state index contributed by atoms with van der Waals surface area (Å²) in [4.78, 5) is 12.9. The predicted octanol–water partition coefficient (Wildman–Crippen LogP) is 3.85. The van der Waals surface area contributed by atoms with Crippen LogP contribution in [0.3, 0.4) is 0 Å². The molecule has 1 saturated heterocycles. The third-order valence-corrected chi connectivity index (χ3v) is 8.75. The van der Waals surface area contributed by atoms with Crippen LogP contribution in [-0.4, -0.2) is 58.9 Å². The van der Waals surface area contributed by atoms with Crippen LogP contribution in [0, 0.1) is 6.92 Å². The molecule has 1 heterocycles. The minimum atomic E-state index is -4.09. The monoisotopic (exact) mass is 555 g/mol. The minimum Gasteiger partial charge on any atom is -0.493 e. The standard InChI is InChI=1S/C27H29N3O6S2/c1-19-4-11-24(12-5-19)38(32,33)30(21-8-13-25(34-2)26(14-21)35-3)16-27(31)29-28-15-20-6-9-22(10-7-20)36-23-17-37-18-23/h4-15,23H,16-18H2,1-3H3,(H,29,31)/b28-15-. The van der Waals surface area contributed by atoms with Gasteiger partial charge in [-0.25, -0.2) is 13.8 Å². The summed E-state index contributed by atoms with van der Waals surface area (Å²) in [7, 11) is -1.16. The Hall–Kier alpha value is -3.70. The highest BCUT2D eigenvalue weighted by Crippen LogP contribution is 2.33. The van der Waals surface area contributed by atoms with Crippen molar-refractivity contribution in [1.29, 1.82) is 0 Å². The van der Waals surface area contributed by atoms with E-state index in [1.165, 1.54) is 38.6 Å². The van der Waals surface area contributed by atoms with E-state index in [0.717, 1.165) is 32.7 Å². The van der Waals surface area contributed by atoms with Gasteiger partial charge in [-0.05, 0) is 61.0 Å². The van der Waals surface area contributed by atoms with Crippen molar-refractivity contribution in [3.8, 4) is 17.2 Å². The van der Waals surface area contributed by atoms with Crippen molar-refractivity contribution in [2.24, 2.45) is 5.10 Å². The van der Waals surface area contributed by atoms with E-state index in [1.807, 2.05) is 43.0 Å². The topological polar surface area (TPSA) is 107 Å². The van der Waals surface area contributed by atoms with Crippen LogP contribution in [0.25, 0.3) is 0 Å². The quantitative estimate of drug-likeness (QED) is 0.283. The zero-order valence-corrected chi connectivity index (χ0v) is 22.9. The first-order chi connectivity index (χ1) is 18.3. The summed E-state index contributed by atoms with van der Waals surface area (Å²) in [6.07, 6.45) is 1.74. The maximum absolute atomic E-state index is 13.6. The molecule has 1 aliphatic heterocycles. The van der Waals surface area contributed by atoms with Gasteiger partial charge in [-0.15, -0.1) is 0 Å². The fourth-order valence-electron chi connectivity index (χ4n) is 3.58. The Bertz CT molecular complexity index is 1390. The second-order valence-corrected chi connectivity index (χ2v) is 11.4. The van der Waals surface area contributed by atoms with Crippen LogP contribution in [0.5, 0.6) is 17.2 Å². The van der Waals surface area contributed by atoms with Gasteiger partial charge >= 0.3 is 0 Å². The number of hydrazone groups is 1. The Labute approximate surface area is 226 Å². The van der Waals surface area contributed by atoms with Gasteiger partial charge in [0.25, 0.3) is 15.9 Å². The molecule has 11 heteroatoms. The maximum Gasteiger partial charge on any atom is 0.264 e. The molecule has 1 fully saturated rings. The van der Waals surface area contributed by atoms with Gasteiger partial charge in [-0.2, -0.15) is 16.9 Å². The number of nitrogens with zero attached hydrogens (tertiary/aromatic N) is 2. The zero-order chi connectivity index (χ0) is 27.1. The number of amides is 1. The molecule has 200 valence electrons. The number of carbonyl (C=O) groups is 1. The Morgan fingerprint density at radius 3 is 2.32 bits per heavy atom. The van der Waals surface area contributed by atoms with Crippen molar-refractivity contribution in [1.82, 2.24) is 5.43 Å². The number of hydrogen-bond donors (Lipinski definition) is 1. The van der Waals surface area contributed by atoms with Crippen molar-refractivity contribution in [3.63, 3.8) is 0 Å². The van der Waals surface area contributed by atoms with E-state index in [9.17, 15) is 13.2 Å². The lowest BCUT2D eigenvalue weighted by Crippen LogP contribution is -2.39. The molecule has 0 bridgehead atoms. The summed E-state index contributed by atoms with van der Waals surface area (Å²) in [6, 6.07) is 18.4. The van der Waals surface area contributed by atoms with Gasteiger partial charge < -0.3 is 14.2 Å². The average molecular weight is 556 g/mol. The van der Waals surface area contributed by atoms with E-state index in [4.69, 9.17) is 14.2 Å². The summed E-state index contributed by atoms with van der Waals surface area (Å²) in [6.45, 7) is 1.36. The molecule has 3 aromatic rings.